The van der Waals surface area contributed by atoms with Crippen LogP contribution >= 0.6 is 0 Å². The number of nitrogens with zero attached hydrogens (tertiary/aromatic N) is 1. The molecule has 10 heteroatoms. The number of amides is 1. The maximum absolute atomic E-state index is 14.7. The molecule has 1 aromatic heterocycles. The molecule has 2 rings (SSSR count). The van der Waals surface area contributed by atoms with Crippen molar-refractivity contribution in [2.45, 2.75) is 13.8 Å². The Labute approximate surface area is 162 Å². The minimum Gasteiger partial charge on any atom is -0.493 e. The number of carbonyl (C=O) groups is 1. The Hall–Kier alpha value is -2.88. The summed E-state index contributed by atoms with van der Waals surface area (Å²) >= 11 is 0. The molecule has 0 aliphatic heterocycles. The lowest BCUT2D eigenvalue weighted by Gasteiger charge is -2.13. The summed E-state index contributed by atoms with van der Waals surface area (Å²) in [5.41, 5.74) is -0.284. The van der Waals surface area contributed by atoms with Crippen LogP contribution in [-0.2, 0) is 10.0 Å². The van der Waals surface area contributed by atoms with Crippen molar-refractivity contribution in [2.75, 3.05) is 20.0 Å². The maximum Gasteiger partial charge on any atom is 0.268 e. The zero-order valence-corrected chi connectivity index (χ0v) is 16.7. The smallest absolute Gasteiger partial charge is 0.268 e. The summed E-state index contributed by atoms with van der Waals surface area (Å²) in [6.07, 6.45) is 2.18. The molecule has 0 bridgehead atoms. The van der Waals surface area contributed by atoms with E-state index < -0.39 is 27.5 Å². The number of ether oxygens (including phenoxy) is 3. The Morgan fingerprint density at radius 3 is 2.50 bits per heavy atom. The van der Waals surface area contributed by atoms with Crippen LogP contribution in [0, 0.1) is 11.7 Å². The van der Waals surface area contributed by atoms with Crippen LogP contribution in [0.1, 0.15) is 24.2 Å². The molecule has 0 atom stereocenters. The van der Waals surface area contributed by atoms with Crippen LogP contribution in [0.4, 0.5) is 4.39 Å². The summed E-state index contributed by atoms with van der Waals surface area (Å²) in [6, 6.07) is 5.53. The monoisotopic (exact) mass is 412 g/mol. The van der Waals surface area contributed by atoms with Gasteiger partial charge in [0.05, 0.1) is 31.7 Å². The molecule has 0 radical (unpaired) electrons. The van der Waals surface area contributed by atoms with Crippen molar-refractivity contribution in [3.63, 3.8) is 0 Å². The fraction of sp³-hybridized carbons (Fsp3) is 0.333. The number of sulfonamides is 1. The largest absolute Gasteiger partial charge is 0.493 e. The third-order valence-electron chi connectivity index (χ3n) is 3.29. The number of pyridine rings is 1. The second kappa shape index (κ2) is 8.87. The van der Waals surface area contributed by atoms with Crippen LogP contribution < -0.4 is 18.9 Å². The van der Waals surface area contributed by atoms with E-state index in [1.54, 1.807) is 16.9 Å². The van der Waals surface area contributed by atoms with E-state index in [0.717, 1.165) is 13.4 Å². The van der Waals surface area contributed by atoms with Crippen LogP contribution in [0.25, 0.3) is 0 Å². The highest BCUT2D eigenvalue weighted by Crippen LogP contribution is 2.33. The Balaban J connectivity index is 2.22. The Morgan fingerprint density at radius 2 is 1.96 bits per heavy atom. The first-order valence-corrected chi connectivity index (χ1v) is 10.1. The zero-order valence-electron chi connectivity index (χ0n) is 15.9. The molecule has 0 aliphatic carbocycles. The van der Waals surface area contributed by atoms with Gasteiger partial charge in [0, 0.05) is 6.07 Å². The lowest BCUT2D eigenvalue weighted by molar-refractivity contribution is 0.0977. The SMILES string of the molecule is COc1c(C(=O)NS(C)(=O)=O)ccc(Oc2ccc(OCC(C)C)nc2)c1F. The van der Waals surface area contributed by atoms with Crippen molar-refractivity contribution >= 4 is 15.9 Å². The molecular weight excluding hydrogens is 391 g/mol. The predicted molar refractivity (Wildman–Crippen MR) is 99.9 cm³/mol. The van der Waals surface area contributed by atoms with Crippen LogP contribution in [0.5, 0.6) is 23.1 Å². The van der Waals surface area contributed by atoms with Gasteiger partial charge in [-0.1, -0.05) is 13.8 Å². The zero-order chi connectivity index (χ0) is 20.9. The molecule has 0 unspecified atom stereocenters. The highest BCUT2D eigenvalue weighted by molar-refractivity contribution is 7.89. The second-order valence-corrected chi connectivity index (χ2v) is 8.05. The standard InChI is InChI=1S/C18H21FN2O6S/c1-11(2)10-26-15-8-5-12(9-20-15)27-14-7-6-13(17(25-3)16(14)19)18(22)21-28(4,23)24/h5-9,11H,10H2,1-4H3,(H,21,22). The summed E-state index contributed by atoms with van der Waals surface area (Å²) in [5, 5.41) is 0. The molecule has 1 heterocycles. The Bertz CT molecular complexity index is 945. The average molecular weight is 412 g/mol. The van der Waals surface area contributed by atoms with E-state index in [-0.39, 0.29) is 17.1 Å². The van der Waals surface area contributed by atoms with Gasteiger partial charge in [-0.2, -0.15) is 4.39 Å². The van der Waals surface area contributed by atoms with Crippen molar-refractivity contribution in [1.29, 1.82) is 0 Å². The predicted octanol–water partition coefficient (Wildman–Crippen LogP) is 2.75. The molecule has 152 valence electrons. The molecule has 2 aromatic rings. The first kappa shape index (κ1) is 21.4. The molecule has 8 nitrogen and oxygen atoms in total. The van der Waals surface area contributed by atoms with Gasteiger partial charge < -0.3 is 14.2 Å². The molecule has 0 saturated heterocycles. The third kappa shape index (κ3) is 5.81. The first-order chi connectivity index (χ1) is 13.1. The minimum absolute atomic E-state index is 0.217. The molecule has 1 N–H and O–H groups in total. The van der Waals surface area contributed by atoms with E-state index in [2.05, 4.69) is 4.98 Å². The first-order valence-electron chi connectivity index (χ1n) is 8.26. The van der Waals surface area contributed by atoms with Crippen LogP contribution in [0.2, 0.25) is 0 Å². The lowest BCUT2D eigenvalue weighted by Crippen LogP contribution is -2.29. The summed E-state index contributed by atoms with van der Waals surface area (Å²) in [6.45, 7) is 4.52. The van der Waals surface area contributed by atoms with Gasteiger partial charge in [0.25, 0.3) is 5.91 Å². The van der Waals surface area contributed by atoms with Gasteiger partial charge >= 0.3 is 0 Å². The lowest BCUT2D eigenvalue weighted by atomic mass is 10.1. The van der Waals surface area contributed by atoms with Crippen LogP contribution in [-0.4, -0.2) is 39.3 Å². The number of nitrogens with one attached hydrogen (secondary N) is 1. The van der Waals surface area contributed by atoms with Crippen LogP contribution in [0.15, 0.2) is 30.5 Å². The molecule has 28 heavy (non-hydrogen) atoms. The normalized spacial score (nSPS) is 11.2. The summed E-state index contributed by atoms with van der Waals surface area (Å²) in [5.74, 6) is -1.63. The Morgan fingerprint density at radius 1 is 1.25 bits per heavy atom. The summed E-state index contributed by atoms with van der Waals surface area (Å²) in [7, 11) is -2.66. The number of carbonyl (C=O) groups excluding carboxylic acids is 1. The average Bonchev–Trinajstić information content (AvgIpc) is 2.61. The molecule has 1 amide bonds. The highest BCUT2D eigenvalue weighted by Gasteiger charge is 2.22. The van der Waals surface area contributed by atoms with Gasteiger partial charge in [0.1, 0.15) is 5.75 Å². The summed E-state index contributed by atoms with van der Waals surface area (Å²) in [4.78, 5) is 16.1. The highest BCUT2D eigenvalue weighted by atomic mass is 32.2. The third-order valence-corrected chi connectivity index (χ3v) is 3.85. The quantitative estimate of drug-likeness (QED) is 0.711. The van der Waals surface area contributed by atoms with Crippen LogP contribution in [0.3, 0.4) is 0 Å². The molecular formula is C18H21FN2O6S. The van der Waals surface area contributed by atoms with Crippen molar-refractivity contribution in [3.8, 4) is 23.1 Å². The number of methoxy groups -OCH3 is 1. The van der Waals surface area contributed by atoms with E-state index in [4.69, 9.17) is 14.2 Å². The fourth-order valence-electron chi connectivity index (χ4n) is 2.11. The number of halogens is 1. The van der Waals surface area contributed by atoms with E-state index in [1.165, 1.54) is 18.3 Å². The molecule has 0 saturated carbocycles. The Kier molecular flexibility index (Phi) is 6.79. The maximum atomic E-state index is 14.7. The number of benzene rings is 1. The van der Waals surface area contributed by atoms with Gasteiger partial charge in [-0.05, 0) is 24.1 Å². The topological polar surface area (TPSA) is 104 Å². The van der Waals surface area contributed by atoms with Gasteiger partial charge in [-0.25, -0.2) is 18.1 Å². The number of hydrogen-bond acceptors (Lipinski definition) is 7. The van der Waals surface area contributed by atoms with Gasteiger partial charge in [-0.15, -0.1) is 0 Å². The molecule has 0 fully saturated rings. The van der Waals surface area contributed by atoms with Gasteiger partial charge in [0.2, 0.25) is 21.7 Å². The molecule has 0 spiro atoms. The number of rotatable bonds is 8. The molecule has 0 aliphatic rings. The minimum atomic E-state index is -3.81. The van der Waals surface area contributed by atoms with E-state index in [0.29, 0.717) is 18.4 Å². The molecule has 1 aromatic carbocycles. The van der Waals surface area contributed by atoms with Gasteiger partial charge in [0.15, 0.2) is 11.5 Å². The fourth-order valence-corrected chi connectivity index (χ4v) is 2.56. The van der Waals surface area contributed by atoms with Crippen molar-refractivity contribution < 1.29 is 31.8 Å². The second-order valence-electron chi connectivity index (χ2n) is 6.30. The van der Waals surface area contributed by atoms with Crippen molar-refractivity contribution in [1.82, 2.24) is 9.71 Å². The van der Waals surface area contributed by atoms with Gasteiger partial charge in [-0.3, -0.25) is 4.79 Å². The number of aromatic nitrogens is 1. The summed E-state index contributed by atoms with van der Waals surface area (Å²) < 4.78 is 54.7. The van der Waals surface area contributed by atoms with Crippen molar-refractivity contribution in [3.05, 3.63) is 41.8 Å². The number of hydrogen-bond donors (Lipinski definition) is 1. The van der Waals surface area contributed by atoms with E-state index >= 15 is 0 Å². The van der Waals surface area contributed by atoms with E-state index in [9.17, 15) is 17.6 Å². The van der Waals surface area contributed by atoms with E-state index in [1.807, 2.05) is 13.8 Å². The van der Waals surface area contributed by atoms with Crippen molar-refractivity contribution in [2.24, 2.45) is 5.92 Å².